The number of ether oxygens (including phenoxy) is 1. The highest BCUT2D eigenvalue weighted by molar-refractivity contribution is 7.16. The van der Waals surface area contributed by atoms with Gasteiger partial charge in [0.05, 0.1) is 16.8 Å². The average molecular weight is 380 g/mol. The highest BCUT2D eigenvalue weighted by atomic mass is 32.1. The molecule has 5 nitrogen and oxygen atoms in total. The molecule has 0 saturated carbocycles. The largest absolute Gasteiger partial charge is 0.490 e. The predicted octanol–water partition coefficient (Wildman–Crippen LogP) is 4.74. The van der Waals surface area contributed by atoms with E-state index in [0.717, 1.165) is 15.6 Å². The molecule has 2 aromatic carbocycles. The maximum Gasteiger partial charge on any atom is 0.315 e. The lowest BCUT2D eigenvalue weighted by Crippen LogP contribution is -2.13. The number of benzene rings is 2. The van der Waals surface area contributed by atoms with Crippen molar-refractivity contribution in [3.05, 3.63) is 58.1 Å². The van der Waals surface area contributed by atoms with Gasteiger partial charge >= 0.3 is 5.91 Å². The van der Waals surface area contributed by atoms with Crippen molar-refractivity contribution in [3.8, 4) is 5.75 Å². The Bertz CT molecular complexity index is 1240. The fourth-order valence-corrected chi connectivity index (χ4v) is 4.26. The van der Waals surface area contributed by atoms with Crippen LogP contribution in [0.5, 0.6) is 5.75 Å². The minimum atomic E-state index is -0.398. The number of nitrogens with zero attached hydrogens (tertiary/aromatic N) is 2. The number of hydrogen-bond donors (Lipinski definition) is 0. The Morgan fingerprint density at radius 3 is 2.85 bits per heavy atom. The van der Waals surface area contributed by atoms with Crippen molar-refractivity contribution in [2.45, 2.75) is 20.8 Å². The predicted molar refractivity (Wildman–Crippen MR) is 108 cm³/mol. The van der Waals surface area contributed by atoms with Gasteiger partial charge in [0.25, 0.3) is 0 Å². The molecule has 0 atom stereocenters. The molecule has 138 valence electrons. The summed E-state index contributed by atoms with van der Waals surface area (Å²) in [5, 5.41) is 0.826. The Kier molecular flexibility index (Phi) is 4.36. The SMILES string of the molecule is CCOc1cccc2cc(C(=O)N=c3sc4ccc(C)c(C)c4n3C)oc12. The number of furan rings is 1. The lowest BCUT2D eigenvalue weighted by atomic mass is 10.1. The van der Waals surface area contributed by atoms with Crippen LogP contribution < -0.4 is 9.54 Å². The van der Waals surface area contributed by atoms with Crippen molar-refractivity contribution in [2.75, 3.05) is 6.61 Å². The third kappa shape index (κ3) is 2.96. The quantitative estimate of drug-likeness (QED) is 0.516. The van der Waals surface area contributed by atoms with Gasteiger partial charge in [-0.15, -0.1) is 0 Å². The van der Waals surface area contributed by atoms with Gasteiger partial charge in [0.15, 0.2) is 21.9 Å². The summed E-state index contributed by atoms with van der Waals surface area (Å²) in [5.41, 5.74) is 4.10. The molecule has 0 bridgehead atoms. The second-order valence-corrected chi connectivity index (χ2v) is 7.44. The van der Waals surface area contributed by atoms with Crippen molar-refractivity contribution >= 4 is 38.4 Å². The van der Waals surface area contributed by atoms with Crippen molar-refractivity contribution in [1.29, 1.82) is 0 Å². The van der Waals surface area contributed by atoms with E-state index in [4.69, 9.17) is 9.15 Å². The Labute approximate surface area is 160 Å². The summed E-state index contributed by atoms with van der Waals surface area (Å²) in [6, 6.07) is 11.5. The highest BCUT2D eigenvalue weighted by Crippen LogP contribution is 2.29. The summed E-state index contributed by atoms with van der Waals surface area (Å²) in [6.45, 7) is 6.61. The van der Waals surface area contributed by atoms with E-state index in [0.29, 0.717) is 22.7 Å². The standard InChI is InChI=1S/C21H20N2O3S/c1-5-25-15-8-6-7-14-11-16(26-19(14)15)20(24)22-21-23(4)18-13(3)12(2)9-10-17(18)27-21/h6-11H,5H2,1-4H3. The fourth-order valence-electron chi connectivity index (χ4n) is 3.19. The molecule has 6 heteroatoms. The monoisotopic (exact) mass is 380 g/mol. The fraction of sp³-hybridized carbons (Fsp3) is 0.238. The molecule has 0 saturated heterocycles. The molecule has 27 heavy (non-hydrogen) atoms. The van der Waals surface area contributed by atoms with Crippen molar-refractivity contribution < 1.29 is 13.9 Å². The molecule has 0 fully saturated rings. The molecule has 1 amide bonds. The normalized spacial score (nSPS) is 12.2. The van der Waals surface area contributed by atoms with Crippen LogP contribution in [0.25, 0.3) is 21.2 Å². The van der Waals surface area contributed by atoms with Gasteiger partial charge in [-0.05, 0) is 50.1 Å². The zero-order valence-electron chi connectivity index (χ0n) is 15.7. The van der Waals surface area contributed by atoms with Gasteiger partial charge in [-0.1, -0.05) is 29.5 Å². The molecular formula is C21H20N2O3S. The minimum Gasteiger partial charge on any atom is -0.490 e. The number of aryl methyl sites for hydroxylation is 3. The summed E-state index contributed by atoms with van der Waals surface area (Å²) < 4.78 is 14.4. The van der Waals surface area contributed by atoms with Crippen LogP contribution in [0.1, 0.15) is 28.6 Å². The number of hydrogen-bond acceptors (Lipinski definition) is 4. The first kappa shape index (κ1) is 17.5. The third-order valence-corrected chi connectivity index (χ3v) is 5.80. The first-order chi connectivity index (χ1) is 13.0. The summed E-state index contributed by atoms with van der Waals surface area (Å²) in [5.74, 6) is 0.445. The second kappa shape index (κ2) is 6.70. The Hall–Kier alpha value is -2.86. The molecule has 0 aliphatic heterocycles. The second-order valence-electron chi connectivity index (χ2n) is 6.43. The number of fused-ring (bicyclic) bond motifs is 2. The van der Waals surface area contributed by atoms with Crippen LogP contribution in [-0.2, 0) is 7.05 Å². The van der Waals surface area contributed by atoms with E-state index in [-0.39, 0.29) is 5.76 Å². The van der Waals surface area contributed by atoms with E-state index in [9.17, 15) is 4.79 Å². The van der Waals surface area contributed by atoms with Crippen molar-refractivity contribution in [1.82, 2.24) is 4.57 Å². The zero-order chi connectivity index (χ0) is 19.1. The van der Waals surface area contributed by atoms with Gasteiger partial charge < -0.3 is 13.7 Å². The van der Waals surface area contributed by atoms with E-state index in [1.54, 1.807) is 6.07 Å². The van der Waals surface area contributed by atoms with Crippen LogP contribution in [0.15, 0.2) is 45.8 Å². The van der Waals surface area contributed by atoms with Crippen LogP contribution in [0, 0.1) is 13.8 Å². The molecule has 0 spiro atoms. The Balaban J connectivity index is 1.81. The van der Waals surface area contributed by atoms with Gasteiger partial charge in [-0.25, -0.2) is 0 Å². The molecular weight excluding hydrogens is 360 g/mol. The van der Waals surface area contributed by atoms with E-state index >= 15 is 0 Å². The molecule has 4 aromatic rings. The van der Waals surface area contributed by atoms with Crippen molar-refractivity contribution in [2.24, 2.45) is 12.0 Å². The maximum absolute atomic E-state index is 12.7. The maximum atomic E-state index is 12.7. The van der Waals surface area contributed by atoms with E-state index < -0.39 is 5.91 Å². The van der Waals surface area contributed by atoms with Crippen LogP contribution in [0.4, 0.5) is 0 Å². The summed E-state index contributed by atoms with van der Waals surface area (Å²) in [7, 11) is 1.93. The average Bonchev–Trinajstić information content (AvgIpc) is 3.22. The lowest BCUT2D eigenvalue weighted by Gasteiger charge is -2.03. The third-order valence-electron chi connectivity index (χ3n) is 4.70. The number of para-hydroxylation sites is 1. The number of aromatic nitrogens is 1. The number of rotatable bonds is 3. The summed E-state index contributed by atoms with van der Waals surface area (Å²) >= 11 is 1.50. The van der Waals surface area contributed by atoms with Crippen LogP contribution in [-0.4, -0.2) is 17.1 Å². The number of thiazole rings is 1. The van der Waals surface area contributed by atoms with Gasteiger partial charge in [-0.2, -0.15) is 4.99 Å². The highest BCUT2D eigenvalue weighted by Gasteiger charge is 2.15. The molecule has 0 aliphatic carbocycles. The lowest BCUT2D eigenvalue weighted by molar-refractivity contribution is 0.0973. The van der Waals surface area contributed by atoms with Gasteiger partial charge in [0, 0.05) is 12.4 Å². The van der Waals surface area contributed by atoms with Crippen molar-refractivity contribution in [3.63, 3.8) is 0 Å². The van der Waals surface area contributed by atoms with Gasteiger partial charge in [-0.3, -0.25) is 4.79 Å². The van der Waals surface area contributed by atoms with Crippen LogP contribution >= 0.6 is 11.3 Å². The smallest absolute Gasteiger partial charge is 0.315 e. The van der Waals surface area contributed by atoms with Crippen LogP contribution in [0.2, 0.25) is 0 Å². The Morgan fingerprint density at radius 2 is 2.07 bits per heavy atom. The molecule has 2 aromatic heterocycles. The topological polar surface area (TPSA) is 56.7 Å². The summed E-state index contributed by atoms with van der Waals surface area (Å²) in [6.07, 6.45) is 0. The molecule has 0 radical (unpaired) electrons. The zero-order valence-corrected chi connectivity index (χ0v) is 16.5. The molecule has 0 aliphatic rings. The first-order valence-electron chi connectivity index (χ1n) is 8.79. The Morgan fingerprint density at radius 1 is 1.26 bits per heavy atom. The first-order valence-corrected chi connectivity index (χ1v) is 9.61. The number of carbonyl (C=O) groups excluding carboxylic acids is 1. The molecule has 0 unspecified atom stereocenters. The minimum absolute atomic E-state index is 0.211. The molecule has 4 rings (SSSR count). The molecule has 0 N–H and O–H groups in total. The van der Waals surface area contributed by atoms with E-state index in [1.165, 1.54) is 22.5 Å². The van der Waals surface area contributed by atoms with Gasteiger partial charge in [0.2, 0.25) is 0 Å². The molecule has 2 heterocycles. The number of carbonyl (C=O) groups is 1. The van der Waals surface area contributed by atoms with E-state index in [2.05, 4.69) is 31.0 Å². The van der Waals surface area contributed by atoms with Crippen LogP contribution in [0.3, 0.4) is 0 Å². The van der Waals surface area contributed by atoms with E-state index in [1.807, 2.05) is 36.7 Å². The summed E-state index contributed by atoms with van der Waals surface area (Å²) in [4.78, 5) is 17.7. The van der Waals surface area contributed by atoms with Gasteiger partial charge in [0.1, 0.15) is 0 Å². The number of amides is 1.